The maximum absolute atomic E-state index is 8.25. The Bertz CT molecular complexity index is 326. The van der Waals surface area contributed by atoms with Crippen LogP contribution in [0.25, 0.3) is 0 Å². The molecule has 0 aliphatic rings. The first-order valence-electron chi connectivity index (χ1n) is 14.6. The lowest BCUT2D eigenvalue weighted by atomic mass is 10.1. The first-order chi connectivity index (χ1) is 16.0. The van der Waals surface area contributed by atoms with E-state index in [1.54, 1.807) is 0 Å². The van der Waals surface area contributed by atoms with E-state index in [0.717, 1.165) is 0 Å². The lowest BCUT2D eigenvalue weighted by Crippen LogP contribution is -2.50. The van der Waals surface area contributed by atoms with Crippen LogP contribution in [0.15, 0.2) is 0 Å². The number of hydrogen-bond acceptors (Lipinski definition) is 3. The maximum atomic E-state index is 8.25. The molecule has 0 saturated heterocycles. The van der Waals surface area contributed by atoms with Gasteiger partial charge in [-0.15, -0.1) is 0 Å². The van der Waals surface area contributed by atoms with Crippen LogP contribution in [0.4, 0.5) is 0 Å². The molecule has 33 heavy (non-hydrogen) atoms. The molecular weight excluding hydrogens is 412 g/mol. The zero-order valence-corrected chi connectivity index (χ0v) is 23.1. The van der Waals surface area contributed by atoms with Gasteiger partial charge in [-0.25, -0.2) is 0 Å². The van der Waals surface area contributed by atoms with Crippen LogP contribution in [-0.2, 0) is 0 Å². The molecule has 0 heterocycles. The Morgan fingerprint density at radius 1 is 0.424 bits per heavy atom. The van der Waals surface area contributed by atoms with Gasteiger partial charge in [0.1, 0.15) is 0 Å². The topological polar surface area (TPSA) is 66.2 Å². The molecule has 0 amide bonds. The molecule has 0 atom stereocenters. The monoisotopic (exact) mass is 472 g/mol. The summed E-state index contributed by atoms with van der Waals surface area (Å²) in [6.45, 7) is 15.2. The highest BCUT2D eigenvalue weighted by Gasteiger charge is 2.25. The lowest BCUT2D eigenvalue weighted by Gasteiger charge is -2.39. The van der Waals surface area contributed by atoms with Gasteiger partial charge in [-0.3, -0.25) is 0 Å². The second-order valence-corrected chi connectivity index (χ2v) is 10.1. The summed E-state index contributed by atoms with van der Waals surface area (Å²) in [5, 5.41) is 14.8. The third-order valence-electron chi connectivity index (χ3n) is 6.94. The fourth-order valence-electron chi connectivity index (χ4n) is 4.87. The Labute approximate surface area is 207 Å². The minimum Gasteiger partial charge on any atom is -0.356 e. The van der Waals surface area contributed by atoms with Gasteiger partial charge in [-0.1, -0.05) is 105 Å². The SMILES string of the molecule is CCCCCCC[N+](CCCCCCC)(CCCCCCC)CCCCCCC.O=[N+]([O-])[O-]. The maximum Gasteiger partial charge on any atom is 0.0786 e. The molecule has 0 N–H and O–H groups in total. The van der Waals surface area contributed by atoms with E-state index < -0.39 is 5.09 Å². The quantitative estimate of drug-likeness (QED) is 0.0608. The molecule has 200 valence electrons. The number of quaternary nitrogens is 1. The summed E-state index contributed by atoms with van der Waals surface area (Å²) < 4.78 is 1.47. The van der Waals surface area contributed by atoms with Gasteiger partial charge < -0.3 is 19.8 Å². The third kappa shape index (κ3) is 27.3. The molecule has 0 aromatic heterocycles. The predicted octanol–water partition coefficient (Wildman–Crippen LogP) is 9.45. The highest BCUT2D eigenvalue weighted by Crippen LogP contribution is 2.20. The Balaban J connectivity index is 0. The summed E-state index contributed by atoms with van der Waals surface area (Å²) in [7, 11) is 0. The normalized spacial score (nSPS) is 11.3. The smallest absolute Gasteiger partial charge is 0.0786 e. The van der Waals surface area contributed by atoms with Crippen LogP contribution in [0, 0.1) is 15.3 Å². The first-order valence-corrected chi connectivity index (χ1v) is 14.6. The second-order valence-electron chi connectivity index (χ2n) is 10.1. The first kappa shape index (κ1) is 34.3. The van der Waals surface area contributed by atoms with Crippen LogP contribution in [0.2, 0.25) is 0 Å². The largest absolute Gasteiger partial charge is 0.356 e. The van der Waals surface area contributed by atoms with Crippen LogP contribution in [0.3, 0.4) is 0 Å². The van der Waals surface area contributed by atoms with Crippen molar-refractivity contribution in [3.05, 3.63) is 15.3 Å². The zero-order chi connectivity index (χ0) is 25.0. The van der Waals surface area contributed by atoms with Gasteiger partial charge in [-0.2, -0.15) is 0 Å². The van der Waals surface area contributed by atoms with Gasteiger partial charge in [0.2, 0.25) is 0 Å². The molecule has 0 aliphatic heterocycles. The molecule has 0 bridgehead atoms. The summed E-state index contributed by atoms with van der Waals surface area (Å²) in [6.07, 6.45) is 28.8. The van der Waals surface area contributed by atoms with Crippen molar-refractivity contribution >= 4 is 0 Å². The average molecular weight is 473 g/mol. The van der Waals surface area contributed by atoms with Crippen molar-refractivity contribution in [2.45, 2.75) is 156 Å². The molecule has 0 aromatic rings. The van der Waals surface area contributed by atoms with Gasteiger partial charge in [0.25, 0.3) is 0 Å². The Morgan fingerprint density at radius 2 is 0.606 bits per heavy atom. The Kier molecular flexibility index (Phi) is 28.5. The molecule has 0 rings (SSSR count). The van der Waals surface area contributed by atoms with E-state index in [1.165, 1.54) is 159 Å². The van der Waals surface area contributed by atoms with Gasteiger partial charge in [0, 0.05) is 0 Å². The van der Waals surface area contributed by atoms with Crippen molar-refractivity contribution in [3.8, 4) is 0 Å². The van der Waals surface area contributed by atoms with Gasteiger partial charge in [0.15, 0.2) is 0 Å². The second kappa shape index (κ2) is 27.4. The zero-order valence-electron chi connectivity index (χ0n) is 23.1. The van der Waals surface area contributed by atoms with E-state index in [4.69, 9.17) is 15.3 Å². The number of unbranched alkanes of at least 4 members (excludes halogenated alkanes) is 16. The lowest BCUT2D eigenvalue weighted by molar-refractivity contribution is -0.929. The van der Waals surface area contributed by atoms with E-state index in [1.807, 2.05) is 0 Å². The van der Waals surface area contributed by atoms with Crippen molar-refractivity contribution in [3.63, 3.8) is 0 Å². The summed E-state index contributed by atoms with van der Waals surface area (Å²) in [4.78, 5) is 8.25. The molecule has 5 nitrogen and oxygen atoms in total. The minimum atomic E-state index is -1.75. The van der Waals surface area contributed by atoms with E-state index in [-0.39, 0.29) is 0 Å². The minimum absolute atomic E-state index is 1.37. The van der Waals surface area contributed by atoms with E-state index >= 15 is 0 Å². The molecule has 0 aliphatic carbocycles. The number of nitrogens with zero attached hydrogens (tertiary/aromatic N) is 2. The summed E-state index contributed by atoms with van der Waals surface area (Å²) >= 11 is 0. The highest BCUT2D eigenvalue weighted by atomic mass is 16.9. The van der Waals surface area contributed by atoms with E-state index in [2.05, 4.69) is 27.7 Å². The molecule has 0 saturated carbocycles. The van der Waals surface area contributed by atoms with Crippen LogP contribution in [-0.4, -0.2) is 35.7 Å². The number of hydrogen-bond donors (Lipinski definition) is 0. The van der Waals surface area contributed by atoms with Crippen molar-refractivity contribution in [2.75, 3.05) is 26.2 Å². The van der Waals surface area contributed by atoms with E-state index in [9.17, 15) is 0 Å². The van der Waals surface area contributed by atoms with E-state index in [0.29, 0.717) is 0 Å². The highest BCUT2D eigenvalue weighted by molar-refractivity contribution is 4.54. The summed E-state index contributed by atoms with van der Waals surface area (Å²) in [5.41, 5.74) is 0. The van der Waals surface area contributed by atoms with Crippen molar-refractivity contribution < 1.29 is 9.57 Å². The molecule has 0 unspecified atom stereocenters. The Hall–Kier alpha value is -0.840. The Morgan fingerprint density at radius 3 is 0.788 bits per heavy atom. The molecule has 0 radical (unpaired) electrons. The van der Waals surface area contributed by atoms with Gasteiger partial charge in [-0.05, 0) is 51.4 Å². The van der Waals surface area contributed by atoms with Gasteiger partial charge in [0.05, 0.1) is 31.3 Å². The van der Waals surface area contributed by atoms with Crippen molar-refractivity contribution in [2.24, 2.45) is 0 Å². The van der Waals surface area contributed by atoms with Crippen LogP contribution < -0.4 is 0 Å². The van der Waals surface area contributed by atoms with Crippen LogP contribution in [0.1, 0.15) is 156 Å². The predicted molar refractivity (Wildman–Crippen MR) is 145 cm³/mol. The fourth-order valence-corrected chi connectivity index (χ4v) is 4.87. The summed E-state index contributed by atoms with van der Waals surface area (Å²) in [6, 6.07) is 0. The summed E-state index contributed by atoms with van der Waals surface area (Å²) in [5.74, 6) is 0. The fraction of sp³-hybridized carbons (Fsp3) is 1.00. The van der Waals surface area contributed by atoms with Crippen molar-refractivity contribution in [1.82, 2.24) is 0 Å². The van der Waals surface area contributed by atoms with Crippen molar-refractivity contribution in [1.29, 1.82) is 0 Å². The molecule has 5 heteroatoms. The molecule has 0 spiro atoms. The standard InChI is InChI=1S/C28H60N.NO3/c1-5-9-13-17-21-25-29(26-22-18-14-10-6-2,27-23-19-15-11-7-3)28-24-20-16-12-8-4;2-1(3)4/h5-28H2,1-4H3;/q+1;-1. The van der Waals surface area contributed by atoms with Gasteiger partial charge >= 0.3 is 0 Å². The molecule has 0 aromatic carbocycles. The van der Waals surface area contributed by atoms with Crippen LogP contribution in [0.5, 0.6) is 0 Å². The average Bonchev–Trinajstić information content (AvgIpc) is 2.78. The van der Waals surface area contributed by atoms with Crippen LogP contribution >= 0.6 is 0 Å². The third-order valence-corrected chi connectivity index (χ3v) is 6.94. The molecular formula is C28H60N2O3. The molecule has 0 fully saturated rings. The number of rotatable bonds is 24.